The molecule has 1 aromatic heterocycles. The summed E-state index contributed by atoms with van der Waals surface area (Å²) in [4.78, 5) is 30.7. The molecule has 6 heteroatoms. The van der Waals surface area contributed by atoms with Crippen LogP contribution in [0.15, 0.2) is 42.5 Å². The van der Waals surface area contributed by atoms with Gasteiger partial charge in [-0.3, -0.25) is 4.79 Å². The van der Waals surface area contributed by atoms with Crippen LogP contribution in [0.1, 0.15) is 60.8 Å². The van der Waals surface area contributed by atoms with Crippen molar-refractivity contribution in [3.63, 3.8) is 0 Å². The SMILES string of the molecule is COc1ccc(C=C2CCCc3c2nc2ccccc2c3C(=O)OCC(=O)C(C)(C)C)cc1OC. The van der Waals surface area contributed by atoms with E-state index < -0.39 is 11.4 Å². The zero-order chi connectivity index (χ0) is 25.2. The topological polar surface area (TPSA) is 74.7 Å². The summed E-state index contributed by atoms with van der Waals surface area (Å²) < 4.78 is 16.3. The van der Waals surface area contributed by atoms with Crippen LogP contribution < -0.4 is 9.47 Å². The number of pyridine rings is 1. The van der Waals surface area contributed by atoms with Gasteiger partial charge in [-0.2, -0.15) is 0 Å². The van der Waals surface area contributed by atoms with Gasteiger partial charge in [-0.05, 0) is 60.2 Å². The Labute approximate surface area is 205 Å². The maximum atomic E-state index is 13.3. The smallest absolute Gasteiger partial charge is 0.339 e. The predicted octanol–water partition coefficient (Wildman–Crippen LogP) is 5.90. The minimum atomic E-state index is -0.574. The van der Waals surface area contributed by atoms with Crippen LogP contribution in [0.25, 0.3) is 22.6 Å². The number of methoxy groups -OCH3 is 2. The number of fused-ring (bicyclic) bond motifs is 2. The maximum absolute atomic E-state index is 13.3. The summed E-state index contributed by atoms with van der Waals surface area (Å²) in [5.41, 5.74) is 4.33. The Morgan fingerprint density at radius 2 is 1.74 bits per heavy atom. The standard InChI is InChI=1S/C29H31NO5/c1-29(2,3)25(31)17-35-28(32)26-20-10-6-7-12-22(20)30-27-19(9-8-11-21(26)27)15-18-13-14-23(33-4)24(16-18)34-5/h6-7,10,12-16H,8-9,11,17H2,1-5H3. The van der Waals surface area contributed by atoms with E-state index in [0.717, 1.165) is 46.1 Å². The number of ether oxygens (including phenoxy) is 3. The molecule has 0 unspecified atom stereocenters. The minimum Gasteiger partial charge on any atom is -0.493 e. The van der Waals surface area contributed by atoms with Crippen LogP contribution in [0.3, 0.4) is 0 Å². The number of para-hydroxylation sites is 1. The Morgan fingerprint density at radius 3 is 2.46 bits per heavy atom. The van der Waals surface area contributed by atoms with Gasteiger partial charge in [-0.1, -0.05) is 45.0 Å². The number of hydrogen-bond acceptors (Lipinski definition) is 6. The summed E-state index contributed by atoms with van der Waals surface area (Å²) in [5, 5.41) is 0.742. The third-order valence-electron chi connectivity index (χ3n) is 6.29. The van der Waals surface area contributed by atoms with Crippen LogP contribution in [-0.4, -0.2) is 37.6 Å². The zero-order valence-corrected chi connectivity index (χ0v) is 20.9. The van der Waals surface area contributed by atoms with Crippen LogP contribution >= 0.6 is 0 Å². The quantitative estimate of drug-likeness (QED) is 0.415. The molecule has 0 spiro atoms. The van der Waals surface area contributed by atoms with Gasteiger partial charge in [0.1, 0.15) is 0 Å². The van der Waals surface area contributed by atoms with Crippen molar-refractivity contribution < 1.29 is 23.8 Å². The largest absolute Gasteiger partial charge is 0.493 e. The van der Waals surface area contributed by atoms with E-state index in [4.69, 9.17) is 19.2 Å². The Balaban J connectivity index is 1.79. The van der Waals surface area contributed by atoms with Gasteiger partial charge in [-0.15, -0.1) is 0 Å². The molecule has 0 radical (unpaired) electrons. The van der Waals surface area contributed by atoms with Gasteiger partial charge in [0.25, 0.3) is 0 Å². The molecule has 0 aliphatic heterocycles. The van der Waals surface area contributed by atoms with Crippen molar-refractivity contribution >= 4 is 34.3 Å². The van der Waals surface area contributed by atoms with Gasteiger partial charge in [0.05, 0.1) is 31.0 Å². The molecule has 1 heterocycles. The lowest BCUT2D eigenvalue weighted by molar-refractivity contribution is -0.129. The summed E-state index contributed by atoms with van der Waals surface area (Å²) in [6.45, 7) is 5.20. The number of ketones is 1. The molecule has 0 saturated heterocycles. The number of aromatic nitrogens is 1. The molecule has 3 aromatic rings. The average Bonchev–Trinajstić information content (AvgIpc) is 2.85. The van der Waals surface area contributed by atoms with Gasteiger partial charge in [0.15, 0.2) is 23.9 Å². The minimum absolute atomic E-state index is 0.118. The number of carbonyl (C=O) groups is 2. The van der Waals surface area contributed by atoms with E-state index in [2.05, 4.69) is 6.08 Å². The average molecular weight is 474 g/mol. The van der Waals surface area contributed by atoms with Gasteiger partial charge >= 0.3 is 5.97 Å². The predicted molar refractivity (Wildman–Crippen MR) is 137 cm³/mol. The molecule has 0 bridgehead atoms. The monoisotopic (exact) mass is 473 g/mol. The Morgan fingerprint density at radius 1 is 1.00 bits per heavy atom. The molecule has 1 aliphatic carbocycles. The third-order valence-corrected chi connectivity index (χ3v) is 6.29. The number of hydrogen-bond donors (Lipinski definition) is 0. The summed E-state index contributed by atoms with van der Waals surface area (Å²) >= 11 is 0. The normalized spacial score (nSPS) is 14.5. The van der Waals surface area contributed by atoms with E-state index in [1.807, 2.05) is 63.2 Å². The van der Waals surface area contributed by atoms with E-state index >= 15 is 0 Å². The number of Topliss-reactive ketones (excluding diaryl/α,β-unsaturated/α-hetero) is 1. The molecule has 4 rings (SSSR count). The molecule has 0 atom stereocenters. The molecular formula is C29H31NO5. The van der Waals surface area contributed by atoms with Crippen LogP contribution in [0.4, 0.5) is 0 Å². The third kappa shape index (κ3) is 5.06. The number of rotatable bonds is 6. The van der Waals surface area contributed by atoms with Crippen LogP contribution in [0.5, 0.6) is 11.5 Å². The first-order chi connectivity index (χ1) is 16.7. The van der Waals surface area contributed by atoms with E-state index in [1.54, 1.807) is 14.2 Å². The fourth-order valence-corrected chi connectivity index (χ4v) is 4.27. The fourth-order valence-electron chi connectivity index (χ4n) is 4.27. The first-order valence-electron chi connectivity index (χ1n) is 11.8. The molecule has 0 fully saturated rings. The van der Waals surface area contributed by atoms with Crippen LogP contribution in [0.2, 0.25) is 0 Å². The lowest BCUT2D eigenvalue weighted by Gasteiger charge is -2.23. The zero-order valence-electron chi connectivity index (χ0n) is 20.9. The van der Waals surface area contributed by atoms with Crippen molar-refractivity contribution in [3.05, 3.63) is 64.8 Å². The van der Waals surface area contributed by atoms with Crippen LogP contribution in [0, 0.1) is 5.41 Å². The first-order valence-corrected chi connectivity index (χ1v) is 11.8. The fraction of sp³-hybridized carbons (Fsp3) is 0.345. The molecule has 182 valence electrons. The van der Waals surface area contributed by atoms with Gasteiger partial charge in [0, 0.05) is 10.8 Å². The molecule has 35 heavy (non-hydrogen) atoms. The molecule has 0 saturated carbocycles. The first kappa shape index (κ1) is 24.5. The van der Waals surface area contributed by atoms with E-state index in [1.165, 1.54) is 0 Å². The maximum Gasteiger partial charge on any atom is 0.339 e. The second-order valence-electron chi connectivity index (χ2n) is 9.72. The Bertz CT molecular complexity index is 1320. The van der Waals surface area contributed by atoms with Crippen molar-refractivity contribution in [3.8, 4) is 11.5 Å². The molecule has 1 aliphatic rings. The number of nitrogens with zero attached hydrogens (tertiary/aromatic N) is 1. The summed E-state index contributed by atoms with van der Waals surface area (Å²) in [5.74, 6) is 0.715. The highest BCUT2D eigenvalue weighted by molar-refractivity contribution is 6.07. The lowest BCUT2D eigenvalue weighted by atomic mass is 9.86. The van der Waals surface area contributed by atoms with E-state index in [0.29, 0.717) is 23.5 Å². The van der Waals surface area contributed by atoms with Crippen molar-refractivity contribution in [1.82, 2.24) is 4.98 Å². The highest BCUT2D eigenvalue weighted by Crippen LogP contribution is 2.37. The molecular weight excluding hydrogens is 442 g/mol. The van der Waals surface area contributed by atoms with Crippen LogP contribution in [-0.2, 0) is 16.0 Å². The van der Waals surface area contributed by atoms with Crippen molar-refractivity contribution in [2.24, 2.45) is 5.41 Å². The van der Waals surface area contributed by atoms with E-state index in [-0.39, 0.29) is 12.4 Å². The summed E-state index contributed by atoms with van der Waals surface area (Å²) in [6.07, 6.45) is 4.52. The number of carbonyl (C=O) groups excluding carboxylic acids is 2. The molecule has 0 amide bonds. The molecule has 2 aromatic carbocycles. The lowest BCUT2D eigenvalue weighted by Crippen LogP contribution is -2.27. The van der Waals surface area contributed by atoms with Crippen molar-refractivity contribution in [1.29, 1.82) is 0 Å². The second kappa shape index (κ2) is 9.90. The Kier molecular flexibility index (Phi) is 6.92. The second-order valence-corrected chi connectivity index (χ2v) is 9.72. The highest BCUT2D eigenvalue weighted by Gasteiger charge is 2.28. The van der Waals surface area contributed by atoms with Gasteiger partial charge in [-0.25, -0.2) is 9.78 Å². The summed E-state index contributed by atoms with van der Waals surface area (Å²) in [7, 11) is 3.22. The van der Waals surface area contributed by atoms with Crippen molar-refractivity contribution in [2.75, 3.05) is 20.8 Å². The molecule has 0 N–H and O–H groups in total. The van der Waals surface area contributed by atoms with Crippen molar-refractivity contribution in [2.45, 2.75) is 40.0 Å². The Hall–Kier alpha value is -3.67. The van der Waals surface area contributed by atoms with E-state index in [9.17, 15) is 9.59 Å². The van der Waals surface area contributed by atoms with Gasteiger partial charge in [0.2, 0.25) is 0 Å². The molecule has 6 nitrogen and oxygen atoms in total. The number of benzene rings is 2. The number of allylic oxidation sites excluding steroid dienone is 1. The summed E-state index contributed by atoms with van der Waals surface area (Å²) in [6, 6.07) is 13.3. The number of esters is 1. The highest BCUT2D eigenvalue weighted by atomic mass is 16.5. The van der Waals surface area contributed by atoms with Gasteiger partial charge < -0.3 is 14.2 Å².